The van der Waals surface area contributed by atoms with Gasteiger partial charge in [-0.2, -0.15) is 0 Å². The molecule has 1 amide bonds. The van der Waals surface area contributed by atoms with Crippen molar-refractivity contribution in [3.8, 4) is 0 Å². The number of aliphatic imine (C=N–C) groups is 1. The van der Waals surface area contributed by atoms with E-state index in [-0.39, 0.29) is 6.09 Å². The first kappa shape index (κ1) is 18.0. The van der Waals surface area contributed by atoms with Gasteiger partial charge in [-0.3, -0.25) is 9.89 Å². The monoisotopic (exact) mass is 325 g/mol. The summed E-state index contributed by atoms with van der Waals surface area (Å²) in [6.07, 6.45) is 5.93. The number of amidine groups is 1. The van der Waals surface area contributed by atoms with Crippen molar-refractivity contribution < 1.29 is 14.6 Å². The number of carbonyl (C=O) groups excluding carboxylic acids is 1. The third-order valence-electron chi connectivity index (χ3n) is 4.32. The van der Waals surface area contributed by atoms with Crippen LogP contribution in [0.4, 0.5) is 4.79 Å². The first-order chi connectivity index (χ1) is 10.8. The molecule has 1 aliphatic heterocycles. The molecule has 1 saturated carbocycles. The van der Waals surface area contributed by atoms with Crippen molar-refractivity contribution in [1.29, 1.82) is 0 Å². The summed E-state index contributed by atoms with van der Waals surface area (Å²) in [5.41, 5.74) is -1.14. The van der Waals surface area contributed by atoms with Gasteiger partial charge in [-0.05, 0) is 33.6 Å². The van der Waals surface area contributed by atoms with E-state index in [9.17, 15) is 9.90 Å². The van der Waals surface area contributed by atoms with Gasteiger partial charge in [-0.15, -0.1) is 0 Å². The number of nitrogens with one attached hydrogen (secondary N) is 1. The fraction of sp³-hybridized carbons (Fsp3) is 0.882. The van der Waals surface area contributed by atoms with Crippen molar-refractivity contribution in [2.45, 2.75) is 70.5 Å². The molecule has 23 heavy (non-hydrogen) atoms. The summed E-state index contributed by atoms with van der Waals surface area (Å²) in [6, 6.07) is 0. The van der Waals surface area contributed by atoms with Crippen molar-refractivity contribution in [3.05, 3.63) is 0 Å². The highest BCUT2D eigenvalue weighted by Gasteiger charge is 2.29. The van der Waals surface area contributed by atoms with Crippen molar-refractivity contribution in [1.82, 2.24) is 10.2 Å². The third kappa shape index (κ3) is 6.01. The van der Waals surface area contributed by atoms with Gasteiger partial charge in [0, 0.05) is 13.1 Å². The van der Waals surface area contributed by atoms with Gasteiger partial charge < -0.3 is 15.2 Å². The Bertz CT molecular complexity index is 435. The molecule has 2 rings (SSSR count). The van der Waals surface area contributed by atoms with E-state index in [1.807, 2.05) is 20.8 Å². The lowest BCUT2D eigenvalue weighted by molar-refractivity contribution is 0.0259. The highest BCUT2D eigenvalue weighted by Crippen LogP contribution is 2.26. The molecule has 0 unspecified atom stereocenters. The Morgan fingerprint density at radius 3 is 2.57 bits per heavy atom. The maximum atomic E-state index is 12.1. The zero-order chi connectivity index (χ0) is 16.9. The Labute approximate surface area is 139 Å². The highest BCUT2D eigenvalue weighted by molar-refractivity contribution is 5.87. The van der Waals surface area contributed by atoms with Gasteiger partial charge in [0.05, 0.1) is 18.7 Å². The fourth-order valence-electron chi connectivity index (χ4n) is 3.04. The molecule has 0 bridgehead atoms. The molecular weight excluding hydrogens is 294 g/mol. The Hall–Kier alpha value is -1.30. The average Bonchev–Trinajstić information content (AvgIpc) is 2.69. The zero-order valence-corrected chi connectivity index (χ0v) is 14.7. The molecule has 0 spiro atoms. The quantitative estimate of drug-likeness (QED) is 0.764. The summed E-state index contributed by atoms with van der Waals surface area (Å²) in [6.45, 7) is 7.67. The normalized spacial score (nSPS) is 22.1. The van der Waals surface area contributed by atoms with E-state index in [0.29, 0.717) is 26.2 Å². The molecule has 0 aromatic rings. The molecule has 0 radical (unpaired) electrons. The number of aliphatic hydroxyl groups is 1. The van der Waals surface area contributed by atoms with Crippen molar-refractivity contribution in [3.63, 3.8) is 0 Å². The number of hydrogen-bond acceptors (Lipinski definition) is 5. The first-order valence-electron chi connectivity index (χ1n) is 8.75. The molecule has 2 aliphatic rings. The Kier molecular flexibility index (Phi) is 5.89. The second-order valence-corrected chi connectivity index (χ2v) is 7.72. The van der Waals surface area contributed by atoms with Gasteiger partial charge in [0.1, 0.15) is 11.4 Å². The summed E-state index contributed by atoms with van der Waals surface area (Å²) in [5, 5.41) is 13.9. The van der Waals surface area contributed by atoms with Crippen LogP contribution in [0, 0.1) is 0 Å². The predicted molar refractivity (Wildman–Crippen MR) is 90.8 cm³/mol. The topological polar surface area (TPSA) is 74.2 Å². The van der Waals surface area contributed by atoms with Crippen LogP contribution in [0.1, 0.15) is 59.3 Å². The van der Waals surface area contributed by atoms with Crippen LogP contribution in [0.25, 0.3) is 0 Å². The van der Waals surface area contributed by atoms with Crippen LogP contribution < -0.4 is 5.32 Å². The number of nitrogens with zero attached hydrogens (tertiary/aromatic N) is 2. The van der Waals surface area contributed by atoms with E-state index in [4.69, 9.17) is 4.74 Å². The first-order valence-corrected chi connectivity index (χ1v) is 8.75. The molecule has 6 heteroatoms. The molecule has 2 N–H and O–H groups in total. The standard InChI is InChI=1S/C17H31N3O3/c1-16(2,3)23-15(21)20-11-10-18-14(12-20)19-13-17(22)8-6-4-5-7-9-17/h22H,4-13H2,1-3H3,(H,18,19). The van der Waals surface area contributed by atoms with Crippen LogP contribution in [-0.4, -0.2) is 59.3 Å². The minimum absolute atomic E-state index is 0.306. The molecule has 1 fully saturated rings. The minimum atomic E-state index is -0.646. The molecule has 1 heterocycles. The number of ether oxygens (including phenoxy) is 1. The van der Waals surface area contributed by atoms with E-state index in [2.05, 4.69) is 10.3 Å². The zero-order valence-electron chi connectivity index (χ0n) is 14.7. The Morgan fingerprint density at radius 1 is 1.30 bits per heavy atom. The number of amides is 1. The summed E-state index contributed by atoms with van der Waals surface area (Å²) in [4.78, 5) is 18.3. The molecule has 1 aliphatic carbocycles. The minimum Gasteiger partial charge on any atom is -0.444 e. The third-order valence-corrected chi connectivity index (χ3v) is 4.32. The number of carbonyl (C=O) groups is 1. The molecule has 0 atom stereocenters. The number of hydrogen-bond donors (Lipinski definition) is 2. The second kappa shape index (κ2) is 7.51. The lowest BCUT2D eigenvalue weighted by Crippen LogP contribution is -2.50. The van der Waals surface area contributed by atoms with Crippen LogP contribution in [0.3, 0.4) is 0 Å². The van der Waals surface area contributed by atoms with Crippen LogP contribution >= 0.6 is 0 Å². The summed E-state index contributed by atoms with van der Waals surface area (Å²) >= 11 is 0. The maximum Gasteiger partial charge on any atom is 0.410 e. The van der Waals surface area contributed by atoms with Gasteiger partial charge in [0.15, 0.2) is 0 Å². The SMILES string of the molecule is CC(C)(C)OC(=O)N1CCN=C(NCC2(O)CCCCCC2)C1. The Morgan fingerprint density at radius 2 is 1.96 bits per heavy atom. The van der Waals surface area contributed by atoms with E-state index in [0.717, 1.165) is 31.5 Å². The summed E-state index contributed by atoms with van der Waals surface area (Å²) < 4.78 is 5.41. The molecule has 132 valence electrons. The van der Waals surface area contributed by atoms with E-state index < -0.39 is 11.2 Å². The molecule has 0 aromatic carbocycles. The smallest absolute Gasteiger partial charge is 0.410 e. The molecular formula is C17H31N3O3. The molecule has 0 saturated heterocycles. The van der Waals surface area contributed by atoms with Crippen molar-refractivity contribution in [2.24, 2.45) is 4.99 Å². The average molecular weight is 325 g/mol. The molecule has 6 nitrogen and oxygen atoms in total. The summed E-state index contributed by atoms with van der Waals surface area (Å²) in [7, 11) is 0. The van der Waals surface area contributed by atoms with Gasteiger partial charge in [-0.1, -0.05) is 25.7 Å². The number of rotatable bonds is 2. The molecule has 0 aromatic heterocycles. The second-order valence-electron chi connectivity index (χ2n) is 7.72. The Balaban J connectivity index is 1.84. The largest absolute Gasteiger partial charge is 0.444 e. The van der Waals surface area contributed by atoms with Gasteiger partial charge >= 0.3 is 6.09 Å². The van der Waals surface area contributed by atoms with Gasteiger partial charge in [0.25, 0.3) is 0 Å². The van der Waals surface area contributed by atoms with E-state index >= 15 is 0 Å². The van der Waals surface area contributed by atoms with Crippen LogP contribution in [0.15, 0.2) is 4.99 Å². The maximum absolute atomic E-state index is 12.1. The predicted octanol–water partition coefficient (Wildman–Crippen LogP) is 2.31. The van der Waals surface area contributed by atoms with Crippen LogP contribution in [0.5, 0.6) is 0 Å². The fourth-order valence-corrected chi connectivity index (χ4v) is 3.04. The van der Waals surface area contributed by atoms with E-state index in [1.54, 1.807) is 4.90 Å². The van der Waals surface area contributed by atoms with Gasteiger partial charge in [0.2, 0.25) is 0 Å². The summed E-state index contributed by atoms with van der Waals surface area (Å²) in [5.74, 6) is 0.764. The highest BCUT2D eigenvalue weighted by atomic mass is 16.6. The van der Waals surface area contributed by atoms with Crippen LogP contribution in [-0.2, 0) is 4.74 Å². The lowest BCUT2D eigenvalue weighted by atomic mass is 9.94. The van der Waals surface area contributed by atoms with Gasteiger partial charge in [-0.25, -0.2) is 4.79 Å². The van der Waals surface area contributed by atoms with E-state index in [1.165, 1.54) is 12.8 Å². The van der Waals surface area contributed by atoms with Crippen LogP contribution in [0.2, 0.25) is 0 Å². The van der Waals surface area contributed by atoms with Crippen molar-refractivity contribution in [2.75, 3.05) is 26.2 Å². The van der Waals surface area contributed by atoms with Crippen molar-refractivity contribution >= 4 is 11.9 Å². The lowest BCUT2D eigenvalue weighted by Gasteiger charge is -2.32.